The zero-order valence-corrected chi connectivity index (χ0v) is 11.6. The van der Waals surface area contributed by atoms with Gasteiger partial charge in [0.05, 0.1) is 18.1 Å². The molecule has 1 saturated carbocycles. The van der Waals surface area contributed by atoms with Gasteiger partial charge in [-0.05, 0) is 36.8 Å². The monoisotopic (exact) mass is 287 g/mol. The molecule has 3 aliphatic rings. The van der Waals surface area contributed by atoms with Crippen LogP contribution in [0.15, 0.2) is 36.4 Å². The minimum Gasteiger partial charge on any atom is -0.348 e. The standard InChI is InChI=1S/C16H17NO4/c18-17(19)14-5-2-12(3-6-14)15-20-9-16(10-21-15)8-11-1-4-13(16)7-11/h1-6,11,13,15H,7-10H2/t11-,13+,15?,16?/m0/s1. The number of nitro benzene ring substituents is 1. The molecule has 5 heteroatoms. The molecule has 1 spiro atoms. The van der Waals surface area contributed by atoms with E-state index >= 15 is 0 Å². The van der Waals surface area contributed by atoms with E-state index in [0.29, 0.717) is 25.0 Å². The second-order valence-corrected chi connectivity index (χ2v) is 6.36. The second-order valence-electron chi connectivity index (χ2n) is 6.36. The third kappa shape index (κ3) is 2.08. The van der Waals surface area contributed by atoms with Gasteiger partial charge in [-0.25, -0.2) is 0 Å². The number of rotatable bonds is 2. The molecule has 1 aliphatic heterocycles. The summed E-state index contributed by atoms with van der Waals surface area (Å²) in [6.07, 6.45) is 6.61. The Bertz CT molecular complexity index is 587. The summed E-state index contributed by atoms with van der Waals surface area (Å²) in [6, 6.07) is 6.41. The number of allylic oxidation sites excluding steroid dienone is 2. The summed E-state index contributed by atoms with van der Waals surface area (Å²) in [6.45, 7) is 1.42. The Morgan fingerprint density at radius 3 is 2.38 bits per heavy atom. The van der Waals surface area contributed by atoms with Crippen molar-refractivity contribution in [2.75, 3.05) is 13.2 Å². The smallest absolute Gasteiger partial charge is 0.269 e. The van der Waals surface area contributed by atoms with Crippen molar-refractivity contribution in [3.8, 4) is 0 Å². The highest BCUT2D eigenvalue weighted by Crippen LogP contribution is 2.54. The Kier molecular flexibility index (Phi) is 2.87. The summed E-state index contributed by atoms with van der Waals surface area (Å²) < 4.78 is 11.9. The molecule has 110 valence electrons. The number of fused-ring (bicyclic) bond motifs is 3. The molecule has 21 heavy (non-hydrogen) atoms. The minimum atomic E-state index is -0.403. The molecular formula is C16H17NO4. The van der Waals surface area contributed by atoms with Crippen LogP contribution in [0.4, 0.5) is 5.69 Å². The Morgan fingerprint density at radius 1 is 1.14 bits per heavy atom. The highest BCUT2D eigenvalue weighted by Gasteiger charge is 2.51. The summed E-state index contributed by atoms with van der Waals surface area (Å²) in [4.78, 5) is 10.3. The molecule has 1 aromatic carbocycles. The molecule has 1 heterocycles. The first-order chi connectivity index (χ1) is 10.2. The number of nitro groups is 1. The van der Waals surface area contributed by atoms with Crippen LogP contribution in [-0.4, -0.2) is 18.1 Å². The first-order valence-corrected chi connectivity index (χ1v) is 7.32. The maximum atomic E-state index is 10.7. The first kappa shape index (κ1) is 13.0. The normalized spacial score (nSPS) is 37.2. The quantitative estimate of drug-likeness (QED) is 0.476. The predicted molar refractivity (Wildman–Crippen MR) is 75.5 cm³/mol. The van der Waals surface area contributed by atoms with E-state index in [1.165, 1.54) is 18.6 Å². The number of non-ortho nitro benzene ring substituents is 1. The van der Waals surface area contributed by atoms with Crippen LogP contribution in [0.3, 0.4) is 0 Å². The van der Waals surface area contributed by atoms with E-state index in [-0.39, 0.29) is 11.1 Å². The maximum absolute atomic E-state index is 10.7. The molecule has 2 bridgehead atoms. The van der Waals surface area contributed by atoms with Crippen molar-refractivity contribution >= 4 is 5.69 Å². The summed E-state index contributed by atoms with van der Waals surface area (Å²) in [7, 11) is 0. The van der Waals surface area contributed by atoms with Crippen molar-refractivity contribution in [1.82, 2.24) is 0 Å². The molecule has 0 aromatic heterocycles. The lowest BCUT2D eigenvalue weighted by Crippen LogP contribution is -2.41. The van der Waals surface area contributed by atoms with Gasteiger partial charge in [0, 0.05) is 23.1 Å². The van der Waals surface area contributed by atoms with Crippen LogP contribution in [0.25, 0.3) is 0 Å². The van der Waals surface area contributed by atoms with Gasteiger partial charge in [0.2, 0.25) is 0 Å². The summed E-state index contributed by atoms with van der Waals surface area (Å²) in [5, 5.41) is 10.7. The first-order valence-electron chi connectivity index (χ1n) is 7.32. The zero-order valence-electron chi connectivity index (χ0n) is 11.6. The van der Waals surface area contributed by atoms with Crippen molar-refractivity contribution in [3.63, 3.8) is 0 Å². The fraction of sp³-hybridized carbons (Fsp3) is 0.500. The SMILES string of the molecule is O=[N+]([O-])c1ccc(C2OCC3(CO2)C[C@H]2C=C[C@@H]3C2)cc1. The molecular weight excluding hydrogens is 270 g/mol. The lowest BCUT2D eigenvalue weighted by Gasteiger charge is -2.41. The predicted octanol–water partition coefficient (Wildman–Crippen LogP) is 3.22. The van der Waals surface area contributed by atoms with Gasteiger partial charge >= 0.3 is 0 Å². The van der Waals surface area contributed by atoms with E-state index < -0.39 is 11.2 Å². The number of nitrogens with zero attached hydrogens (tertiary/aromatic N) is 1. The molecule has 1 saturated heterocycles. The molecule has 0 unspecified atom stereocenters. The lowest BCUT2D eigenvalue weighted by molar-refractivity contribution is -0.384. The van der Waals surface area contributed by atoms with E-state index in [1.807, 2.05) is 0 Å². The van der Waals surface area contributed by atoms with Crippen molar-refractivity contribution < 1.29 is 14.4 Å². The Labute approximate surface area is 122 Å². The summed E-state index contributed by atoms with van der Waals surface area (Å²) in [5.41, 5.74) is 1.08. The van der Waals surface area contributed by atoms with Crippen molar-refractivity contribution in [1.29, 1.82) is 0 Å². The molecule has 2 atom stereocenters. The van der Waals surface area contributed by atoms with Gasteiger partial charge in [-0.15, -0.1) is 0 Å². The molecule has 1 aromatic rings. The lowest BCUT2D eigenvalue weighted by atomic mass is 9.76. The van der Waals surface area contributed by atoms with Crippen LogP contribution < -0.4 is 0 Å². The molecule has 5 nitrogen and oxygen atoms in total. The molecule has 0 N–H and O–H groups in total. The van der Waals surface area contributed by atoms with Gasteiger partial charge in [-0.1, -0.05) is 12.2 Å². The fourth-order valence-corrected chi connectivity index (χ4v) is 3.90. The van der Waals surface area contributed by atoms with Crippen LogP contribution in [0, 0.1) is 27.4 Å². The largest absolute Gasteiger partial charge is 0.348 e. The average molecular weight is 287 g/mol. The highest BCUT2D eigenvalue weighted by molar-refractivity contribution is 5.33. The van der Waals surface area contributed by atoms with Crippen LogP contribution >= 0.6 is 0 Å². The van der Waals surface area contributed by atoms with Gasteiger partial charge < -0.3 is 9.47 Å². The van der Waals surface area contributed by atoms with E-state index in [9.17, 15) is 10.1 Å². The maximum Gasteiger partial charge on any atom is 0.269 e. The van der Waals surface area contributed by atoms with Crippen molar-refractivity contribution in [3.05, 3.63) is 52.1 Å². The fourth-order valence-electron chi connectivity index (χ4n) is 3.90. The minimum absolute atomic E-state index is 0.0873. The molecule has 4 rings (SSSR count). The van der Waals surface area contributed by atoms with Crippen LogP contribution in [0.1, 0.15) is 24.7 Å². The van der Waals surface area contributed by atoms with E-state index in [0.717, 1.165) is 12.0 Å². The third-order valence-electron chi connectivity index (χ3n) is 5.05. The zero-order chi connectivity index (χ0) is 14.4. The second kappa shape index (κ2) is 4.64. The van der Waals surface area contributed by atoms with Gasteiger partial charge in [0.15, 0.2) is 6.29 Å². The Hall–Kier alpha value is -1.72. The number of hydrogen-bond donors (Lipinski definition) is 0. The highest BCUT2D eigenvalue weighted by atomic mass is 16.7. The van der Waals surface area contributed by atoms with Gasteiger partial charge in [-0.2, -0.15) is 0 Å². The molecule has 2 fully saturated rings. The van der Waals surface area contributed by atoms with E-state index in [2.05, 4.69) is 12.2 Å². The van der Waals surface area contributed by atoms with Gasteiger partial charge in [0.1, 0.15) is 0 Å². The molecule has 0 radical (unpaired) electrons. The van der Waals surface area contributed by atoms with Gasteiger partial charge in [-0.3, -0.25) is 10.1 Å². The number of ether oxygens (including phenoxy) is 2. The Balaban J connectivity index is 1.45. The summed E-state index contributed by atoms with van der Waals surface area (Å²) >= 11 is 0. The van der Waals surface area contributed by atoms with E-state index in [1.54, 1.807) is 12.1 Å². The van der Waals surface area contributed by atoms with Crippen LogP contribution in [-0.2, 0) is 9.47 Å². The van der Waals surface area contributed by atoms with Gasteiger partial charge in [0.25, 0.3) is 5.69 Å². The van der Waals surface area contributed by atoms with Crippen LogP contribution in [0.5, 0.6) is 0 Å². The number of hydrogen-bond acceptors (Lipinski definition) is 4. The molecule has 0 amide bonds. The topological polar surface area (TPSA) is 61.6 Å². The average Bonchev–Trinajstić information content (AvgIpc) is 3.09. The molecule has 2 aliphatic carbocycles. The summed E-state index contributed by atoms with van der Waals surface area (Å²) in [5.74, 6) is 1.28. The third-order valence-corrected chi connectivity index (χ3v) is 5.05. The van der Waals surface area contributed by atoms with Crippen molar-refractivity contribution in [2.24, 2.45) is 17.3 Å². The number of benzene rings is 1. The van der Waals surface area contributed by atoms with E-state index in [4.69, 9.17) is 9.47 Å². The van der Waals surface area contributed by atoms with Crippen LogP contribution in [0.2, 0.25) is 0 Å². The van der Waals surface area contributed by atoms with Crippen molar-refractivity contribution in [2.45, 2.75) is 19.1 Å². The Morgan fingerprint density at radius 2 is 1.86 bits per heavy atom.